The topological polar surface area (TPSA) is 71.5 Å². The van der Waals surface area contributed by atoms with Gasteiger partial charge in [0.1, 0.15) is 5.82 Å². The summed E-state index contributed by atoms with van der Waals surface area (Å²) in [6.45, 7) is 0.599. The minimum atomic E-state index is -6.05. The van der Waals surface area contributed by atoms with Crippen LogP contribution >= 0.6 is 0 Å². The third kappa shape index (κ3) is 6.84. The maximum Gasteiger partial charge on any atom is 0.435 e. The molecule has 0 radical (unpaired) electrons. The molecule has 2 aliphatic heterocycles. The van der Waals surface area contributed by atoms with Crippen LogP contribution in [0.25, 0.3) is 0 Å². The Morgan fingerprint density at radius 1 is 0.825 bits per heavy atom. The molecule has 2 saturated heterocycles. The summed E-state index contributed by atoms with van der Waals surface area (Å²) in [5, 5.41) is -0.648. The van der Waals surface area contributed by atoms with Crippen molar-refractivity contribution in [1.82, 2.24) is 4.90 Å². The minimum Gasteiger partial charge on any atom is -0.341 e. The first-order valence-electron chi connectivity index (χ1n) is 12.0. The molecule has 40 heavy (non-hydrogen) atoms. The molecule has 222 valence electrons. The van der Waals surface area contributed by atoms with Crippen molar-refractivity contribution in [2.75, 3.05) is 24.6 Å². The van der Waals surface area contributed by atoms with Gasteiger partial charge in [-0.1, -0.05) is 30.3 Å². The first-order valence-corrected chi connectivity index (χ1v) is 15.0. The number of rotatable bonds is 4. The van der Waals surface area contributed by atoms with Gasteiger partial charge in [0.25, 0.3) is 0 Å². The summed E-state index contributed by atoms with van der Waals surface area (Å²) in [6, 6.07) is 8.69. The molecule has 1 unspecified atom stereocenters. The fraction of sp³-hybridized carbons (Fsp3) is 0.480. The van der Waals surface area contributed by atoms with E-state index in [2.05, 4.69) is 0 Å². The fourth-order valence-electron chi connectivity index (χ4n) is 4.45. The number of hydrogen-bond donors (Lipinski definition) is 0. The van der Waals surface area contributed by atoms with E-state index in [0.717, 1.165) is 24.3 Å². The molecule has 4 rings (SSSR count). The van der Waals surface area contributed by atoms with Gasteiger partial charge in [0.15, 0.2) is 9.84 Å². The quantitative estimate of drug-likeness (QED) is 0.343. The predicted molar refractivity (Wildman–Crippen MR) is 131 cm³/mol. The summed E-state index contributed by atoms with van der Waals surface area (Å²) < 4.78 is 136. The highest BCUT2D eigenvalue weighted by Gasteiger charge is 2.73. The maximum absolute atomic E-state index is 13.3. The Balaban J connectivity index is 0.000000241. The molecular formula is C25H25F8NO4S2. The van der Waals surface area contributed by atoms with Crippen LogP contribution in [0, 0.1) is 11.7 Å². The second-order valence-corrected chi connectivity index (χ2v) is 13.3. The zero-order chi connectivity index (χ0) is 29.9. The molecule has 2 aromatic rings. The van der Waals surface area contributed by atoms with Crippen molar-refractivity contribution in [2.45, 2.75) is 47.4 Å². The smallest absolute Gasteiger partial charge is 0.341 e. The van der Waals surface area contributed by atoms with Crippen molar-refractivity contribution < 1.29 is 52.5 Å². The molecule has 5 nitrogen and oxygen atoms in total. The molecular weight excluding hydrogens is 594 g/mol. The Kier molecular flexibility index (Phi) is 9.70. The van der Waals surface area contributed by atoms with E-state index in [0.29, 0.717) is 49.4 Å². The number of hydrogen-bond acceptors (Lipinski definition) is 4. The lowest BCUT2D eigenvalue weighted by Gasteiger charge is -2.30. The predicted octanol–water partition coefficient (Wildman–Crippen LogP) is 5.34. The second-order valence-electron chi connectivity index (χ2n) is 9.34. The number of nitrogens with zero attached hydrogens (tertiary/aromatic N) is 1. The summed E-state index contributed by atoms with van der Waals surface area (Å²) in [7, 11) is -4.39. The Bertz CT molecular complexity index is 1270. The molecule has 0 N–H and O–H groups in total. The molecule has 0 aliphatic carbocycles. The molecule has 1 amide bonds. The average Bonchev–Trinajstić information content (AvgIpc) is 3.39. The highest BCUT2D eigenvalue weighted by atomic mass is 32.2. The number of halogens is 8. The SMILES string of the molecule is FC(F)(F)C(F)(c1ccccc1)C(F)(F)F.O=C(C1CCS(=O)CC1)N1CCC(S(=O)(=O)c2ccc(F)cc2)C1. The van der Waals surface area contributed by atoms with Gasteiger partial charge in [-0.15, -0.1) is 0 Å². The molecule has 2 aromatic carbocycles. The molecule has 2 fully saturated rings. The van der Waals surface area contributed by atoms with Gasteiger partial charge in [0.2, 0.25) is 5.91 Å². The zero-order valence-corrected chi connectivity index (χ0v) is 22.4. The molecule has 0 spiro atoms. The van der Waals surface area contributed by atoms with Crippen LogP contribution in [0.3, 0.4) is 0 Å². The number of carbonyl (C=O) groups excluding carboxylic acids is 1. The van der Waals surface area contributed by atoms with Crippen molar-refractivity contribution in [1.29, 1.82) is 0 Å². The monoisotopic (exact) mass is 619 g/mol. The van der Waals surface area contributed by atoms with Gasteiger partial charge in [-0.3, -0.25) is 9.00 Å². The van der Waals surface area contributed by atoms with E-state index in [9.17, 15) is 52.5 Å². The average molecular weight is 620 g/mol. The van der Waals surface area contributed by atoms with Gasteiger partial charge in [-0.05, 0) is 43.5 Å². The van der Waals surface area contributed by atoms with Gasteiger partial charge in [0, 0.05) is 46.9 Å². The summed E-state index contributed by atoms with van der Waals surface area (Å²) >= 11 is 0. The van der Waals surface area contributed by atoms with Crippen molar-refractivity contribution in [3.05, 3.63) is 66.0 Å². The van der Waals surface area contributed by atoms with E-state index in [4.69, 9.17) is 0 Å². The van der Waals surface area contributed by atoms with E-state index < -0.39 is 55.3 Å². The number of alkyl halides is 7. The van der Waals surface area contributed by atoms with Crippen molar-refractivity contribution >= 4 is 26.5 Å². The number of amides is 1. The minimum absolute atomic E-state index is 0.0245. The first-order chi connectivity index (χ1) is 18.5. The van der Waals surface area contributed by atoms with Gasteiger partial charge in [-0.25, -0.2) is 17.2 Å². The van der Waals surface area contributed by atoms with Gasteiger partial charge < -0.3 is 4.90 Å². The van der Waals surface area contributed by atoms with Gasteiger partial charge in [-0.2, -0.15) is 26.3 Å². The van der Waals surface area contributed by atoms with Crippen LogP contribution in [0.4, 0.5) is 35.1 Å². The van der Waals surface area contributed by atoms with Crippen LogP contribution in [0.5, 0.6) is 0 Å². The van der Waals surface area contributed by atoms with E-state index in [1.54, 1.807) is 4.90 Å². The summed E-state index contributed by atoms with van der Waals surface area (Å²) in [5.41, 5.74) is -6.81. The molecule has 0 aromatic heterocycles. The molecule has 0 bridgehead atoms. The lowest BCUT2D eigenvalue weighted by atomic mass is 9.94. The van der Waals surface area contributed by atoms with Crippen LogP contribution < -0.4 is 0 Å². The fourth-order valence-corrected chi connectivity index (χ4v) is 7.44. The third-order valence-corrected chi connectivity index (χ3v) is 10.3. The van der Waals surface area contributed by atoms with Crippen LogP contribution in [-0.4, -0.2) is 65.6 Å². The van der Waals surface area contributed by atoms with Crippen LogP contribution in [0.15, 0.2) is 59.5 Å². The molecule has 0 saturated carbocycles. The standard InChI is InChI=1S/C16H20FNO4S2.C9H5F7/c17-13-1-3-14(4-2-13)24(21,22)15-5-8-18(11-15)16(19)12-6-9-23(20)10-7-12;10-7(8(11,12)13,9(14,15)16)6-4-2-1-3-5-6/h1-4,12,15H,5-11H2;1-5H. The van der Waals surface area contributed by atoms with Crippen LogP contribution in [0.2, 0.25) is 0 Å². The number of benzene rings is 2. The molecule has 2 aliphatic rings. The molecule has 2 heterocycles. The van der Waals surface area contributed by atoms with Gasteiger partial charge in [0.05, 0.1) is 10.1 Å². The van der Waals surface area contributed by atoms with Gasteiger partial charge >= 0.3 is 18.0 Å². The van der Waals surface area contributed by atoms with E-state index >= 15 is 0 Å². The maximum atomic E-state index is 13.3. The molecule has 15 heteroatoms. The van der Waals surface area contributed by atoms with Crippen molar-refractivity contribution in [3.8, 4) is 0 Å². The van der Waals surface area contributed by atoms with E-state index in [1.165, 1.54) is 18.2 Å². The Morgan fingerprint density at radius 2 is 1.35 bits per heavy atom. The summed E-state index contributed by atoms with van der Waals surface area (Å²) in [6.07, 6.45) is -10.5. The number of likely N-dealkylation sites (tertiary alicyclic amines) is 1. The van der Waals surface area contributed by atoms with Crippen molar-refractivity contribution in [3.63, 3.8) is 0 Å². The number of carbonyl (C=O) groups is 1. The lowest BCUT2D eigenvalue weighted by molar-refractivity contribution is -0.348. The summed E-state index contributed by atoms with van der Waals surface area (Å²) in [4.78, 5) is 14.3. The number of sulfone groups is 1. The Morgan fingerprint density at radius 3 is 1.85 bits per heavy atom. The normalized spacial score (nSPS) is 22.4. The second kappa shape index (κ2) is 12.1. The molecule has 1 atom stereocenters. The lowest BCUT2D eigenvalue weighted by Crippen LogP contribution is -2.50. The largest absolute Gasteiger partial charge is 0.435 e. The zero-order valence-electron chi connectivity index (χ0n) is 20.7. The van der Waals surface area contributed by atoms with Crippen LogP contribution in [-0.2, 0) is 31.1 Å². The highest BCUT2D eigenvalue weighted by molar-refractivity contribution is 7.92. The van der Waals surface area contributed by atoms with Crippen LogP contribution in [0.1, 0.15) is 24.8 Å². The first kappa shape index (κ1) is 32.0. The summed E-state index contributed by atoms with van der Waals surface area (Å²) in [5.74, 6) is 0.439. The Hall–Kier alpha value is -2.55. The van der Waals surface area contributed by atoms with E-state index in [1.807, 2.05) is 0 Å². The third-order valence-electron chi connectivity index (χ3n) is 6.73. The highest BCUT2D eigenvalue weighted by Crippen LogP contribution is 2.53. The van der Waals surface area contributed by atoms with Crippen molar-refractivity contribution in [2.24, 2.45) is 5.92 Å². The van der Waals surface area contributed by atoms with E-state index in [-0.39, 0.29) is 23.3 Å². The Labute approximate surface area is 227 Å².